The molecule has 0 radical (unpaired) electrons. The summed E-state index contributed by atoms with van der Waals surface area (Å²) in [4.78, 5) is 17.1. The molecule has 1 rings (SSSR count). The number of carbonyl (C=O) groups excluding carboxylic acids is 1. The third-order valence-corrected chi connectivity index (χ3v) is 1.46. The summed E-state index contributed by atoms with van der Waals surface area (Å²) in [7, 11) is 0. The summed E-state index contributed by atoms with van der Waals surface area (Å²) in [6.07, 6.45) is 2.99. The maximum Gasteiger partial charge on any atom is 0.167 e. The maximum absolute atomic E-state index is 10.2. The number of aromatic nitrogens is 2. The average molecular weight is 168 g/mol. The zero-order valence-corrected chi connectivity index (χ0v) is 7.04. The van der Waals surface area contributed by atoms with E-state index in [2.05, 4.69) is 9.97 Å². The minimum Gasteiger partial charge on any atom is -0.381 e. The van der Waals surface area contributed by atoms with E-state index >= 15 is 0 Å². The van der Waals surface area contributed by atoms with Crippen LogP contribution in [0.5, 0.6) is 0 Å². The van der Waals surface area contributed by atoms with Crippen molar-refractivity contribution in [2.24, 2.45) is 0 Å². The van der Waals surface area contributed by atoms with E-state index in [1.807, 2.05) is 6.92 Å². The van der Waals surface area contributed by atoms with Gasteiger partial charge in [-0.1, -0.05) is 0 Å². The van der Waals surface area contributed by atoms with E-state index in [0.717, 1.165) is 18.5 Å². The number of H-pyrrole nitrogens is 1. The molecular formula is C8H12N2O2. The standard InChI is InChI=1S/C8H12N2O2/c1-2-12-4-3-8-9-5-7(6-11)10-8/h5-6H,2-4H2,1H3,(H,9,10). The van der Waals surface area contributed by atoms with Crippen LogP contribution < -0.4 is 0 Å². The summed E-state index contributed by atoms with van der Waals surface area (Å²) in [5, 5.41) is 0. The van der Waals surface area contributed by atoms with Crippen molar-refractivity contribution in [3.63, 3.8) is 0 Å². The van der Waals surface area contributed by atoms with Crippen molar-refractivity contribution in [3.05, 3.63) is 17.7 Å². The van der Waals surface area contributed by atoms with Gasteiger partial charge in [-0.2, -0.15) is 0 Å². The van der Waals surface area contributed by atoms with Crippen molar-refractivity contribution in [2.45, 2.75) is 13.3 Å². The van der Waals surface area contributed by atoms with Crippen LogP contribution >= 0.6 is 0 Å². The fourth-order valence-corrected chi connectivity index (χ4v) is 0.879. The lowest BCUT2D eigenvalue weighted by Gasteiger charge is -1.96. The number of ether oxygens (including phenoxy) is 1. The fourth-order valence-electron chi connectivity index (χ4n) is 0.879. The molecule has 0 aliphatic carbocycles. The number of aldehydes is 1. The molecule has 4 nitrogen and oxygen atoms in total. The van der Waals surface area contributed by atoms with Crippen LogP contribution in [0.1, 0.15) is 23.2 Å². The van der Waals surface area contributed by atoms with Crippen molar-refractivity contribution in [1.29, 1.82) is 0 Å². The van der Waals surface area contributed by atoms with Crippen LogP contribution in [0, 0.1) is 0 Å². The first-order valence-corrected chi connectivity index (χ1v) is 3.93. The molecule has 0 aliphatic rings. The van der Waals surface area contributed by atoms with Gasteiger partial charge in [0.05, 0.1) is 18.5 Å². The van der Waals surface area contributed by atoms with Crippen molar-refractivity contribution in [3.8, 4) is 0 Å². The van der Waals surface area contributed by atoms with Crippen molar-refractivity contribution in [2.75, 3.05) is 13.2 Å². The molecule has 0 spiro atoms. The van der Waals surface area contributed by atoms with Crippen LogP contribution in [0.15, 0.2) is 6.20 Å². The molecule has 0 unspecified atom stereocenters. The quantitative estimate of drug-likeness (QED) is 0.522. The van der Waals surface area contributed by atoms with E-state index in [-0.39, 0.29) is 0 Å². The van der Waals surface area contributed by atoms with Gasteiger partial charge in [0.1, 0.15) is 5.82 Å². The summed E-state index contributed by atoms with van der Waals surface area (Å²) in [6, 6.07) is 0. The summed E-state index contributed by atoms with van der Waals surface area (Å²) >= 11 is 0. The smallest absolute Gasteiger partial charge is 0.167 e. The highest BCUT2D eigenvalue weighted by molar-refractivity contribution is 5.71. The van der Waals surface area contributed by atoms with Gasteiger partial charge in [-0.15, -0.1) is 0 Å². The highest BCUT2D eigenvalue weighted by atomic mass is 16.5. The largest absolute Gasteiger partial charge is 0.381 e. The number of hydrogen-bond acceptors (Lipinski definition) is 3. The Kier molecular flexibility index (Phi) is 3.47. The van der Waals surface area contributed by atoms with E-state index in [1.165, 1.54) is 6.20 Å². The van der Waals surface area contributed by atoms with Crippen molar-refractivity contribution in [1.82, 2.24) is 9.97 Å². The Hall–Kier alpha value is -1.16. The molecule has 0 aliphatic heterocycles. The van der Waals surface area contributed by atoms with Gasteiger partial charge >= 0.3 is 0 Å². The molecule has 0 atom stereocenters. The summed E-state index contributed by atoms with van der Waals surface area (Å²) in [5.41, 5.74) is 0.515. The first kappa shape index (κ1) is 8.93. The van der Waals surface area contributed by atoms with Crippen LogP contribution in [-0.2, 0) is 11.2 Å². The van der Waals surface area contributed by atoms with Crippen LogP contribution in [0.4, 0.5) is 0 Å². The van der Waals surface area contributed by atoms with Gasteiger partial charge in [-0.3, -0.25) is 4.79 Å². The number of carbonyl (C=O) groups is 1. The Morgan fingerprint density at radius 2 is 2.58 bits per heavy atom. The molecule has 12 heavy (non-hydrogen) atoms. The average Bonchev–Trinajstić information content (AvgIpc) is 2.53. The molecule has 0 aromatic carbocycles. The molecular weight excluding hydrogens is 156 g/mol. The highest BCUT2D eigenvalue weighted by Gasteiger charge is 1.98. The third-order valence-electron chi connectivity index (χ3n) is 1.46. The second kappa shape index (κ2) is 4.66. The maximum atomic E-state index is 10.2. The molecule has 0 saturated carbocycles. The molecule has 4 heteroatoms. The second-order valence-electron chi connectivity index (χ2n) is 2.35. The lowest BCUT2D eigenvalue weighted by Crippen LogP contribution is -1.99. The predicted octanol–water partition coefficient (Wildman–Crippen LogP) is 0.801. The van der Waals surface area contributed by atoms with Crippen LogP contribution in [0.25, 0.3) is 0 Å². The van der Waals surface area contributed by atoms with Gasteiger partial charge < -0.3 is 9.72 Å². The number of imidazole rings is 1. The van der Waals surface area contributed by atoms with E-state index in [0.29, 0.717) is 18.9 Å². The van der Waals surface area contributed by atoms with Crippen LogP contribution in [-0.4, -0.2) is 29.5 Å². The first-order valence-electron chi connectivity index (χ1n) is 3.93. The predicted molar refractivity (Wildman–Crippen MR) is 44.2 cm³/mol. The minimum atomic E-state index is 0.515. The van der Waals surface area contributed by atoms with E-state index in [1.54, 1.807) is 0 Å². The Balaban J connectivity index is 2.36. The molecule has 1 N–H and O–H groups in total. The molecule has 1 aromatic heterocycles. The van der Waals surface area contributed by atoms with E-state index in [9.17, 15) is 4.79 Å². The second-order valence-corrected chi connectivity index (χ2v) is 2.35. The lowest BCUT2D eigenvalue weighted by atomic mass is 10.4. The Morgan fingerprint density at radius 1 is 1.75 bits per heavy atom. The Labute approximate surface area is 71.0 Å². The van der Waals surface area contributed by atoms with Gasteiger partial charge in [-0.05, 0) is 6.92 Å². The van der Waals surface area contributed by atoms with Gasteiger partial charge in [-0.25, -0.2) is 4.98 Å². The van der Waals surface area contributed by atoms with Crippen molar-refractivity contribution >= 4 is 6.29 Å². The van der Waals surface area contributed by atoms with Crippen LogP contribution in [0.3, 0.4) is 0 Å². The molecule has 1 aromatic rings. The minimum absolute atomic E-state index is 0.515. The summed E-state index contributed by atoms with van der Waals surface area (Å²) < 4.78 is 5.13. The summed E-state index contributed by atoms with van der Waals surface area (Å²) in [5.74, 6) is 0.797. The summed E-state index contributed by atoms with van der Waals surface area (Å²) in [6.45, 7) is 3.29. The number of aromatic amines is 1. The molecule has 66 valence electrons. The topological polar surface area (TPSA) is 55.0 Å². The SMILES string of the molecule is CCOCCc1ncc(C=O)[nH]1. The number of nitrogens with one attached hydrogen (secondary N) is 1. The van der Waals surface area contributed by atoms with E-state index < -0.39 is 0 Å². The first-order chi connectivity index (χ1) is 5.86. The Bertz CT molecular complexity index is 245. The Morgan fingerprint density at radius 3 is 3.17 bits per heavy atom. The molecule has 1 heterocycles. The molecule has 0 fully saturated rings. The molecule has 0 amide bonds. The highest BCUT2D eigenvalue weighted by Crippen LogP contribution is 1.95. The number of hydrogen-bond donors (Lipinski definition) is 1. The van der Waals surface area contributed by atoms with E-state index in [4.69, 9.17) is 4.74 Å². The van der Waals surface area contributed by atoms with Crippen molar-refractivity contribution < 1.29 is 9.53 Å². The van der Waals surface area contributed by atoms with Gasteiger partial charge in [0.25, 0.3) is 0 Å². The zero-order chi connectivity index (χ0) is 8.81. The van der Waals surface area contributed by atoms with Crippen LogP contribution in [0.2, 0.25) is 0 Å². The fraction of sp³-hybridized carbons (Fsp3) is 0.500. The van der Waals surface area contributed by atoms with Gasteiger partial charge in [0.15, 0.2) is 6.29 Å². The number of nitrogens with zero attached hydrogens (tertiary/aromatic N) is 1. The monoisotopic (exact) mass is 168 g/mol. The molecule has 0 saturated heterocycles. The zero-order valence-electron chi connectivity index (χ0n) is 7.04. The molecule has 0 bridgehead atoms. The normalized spacial score (nSPS) is 10.1. The third kappa shape index (κ3) is 2.47. The van der Waals surface area contributed by atoms with Gasteiger partial charge in [0.2, 0.25) is 0 Å². The van der Waals surface area contributed by atoms with Gasteiger partial charge in [0, 0.05) is 13.0 Å². The lowest BCUT2D eigenvalue weighted by molar-refractivity contribution is 0.111. The number of rotatable bonds is 5.